The maximum Gasteiger partial charge on any atom is 0.140 e. The molecule has 0 spiro atoms. The average Bonchev–Trinajstić information content (AvgIpc) is 2.78. The first-order chi connectivity index (χ1) is 9.94. The smallest absolute Gasteiger partial charge is 0.140 e. The van der Waals surface area contributed by atoms with Crippen LogP contribution in [0.5, 0.6) is 5.75 Å². The second kappa shape index (κ2) is 5.34. The molecule has 1 aliphatic carbocycles. The SMILES string of the molecule is CC(C)CCOc1cnc2c(ccn2C2CC(C)(O)C2)c1. The van der Waals surface area contributed by atoms with E-state index in [0.29, 0.717) is 12.0 Å². The highest BCUT2D eigenvalue weighted by Gasteiger charge is 2.39. The zero-order valence-corrected chi connectivity index (χ0v) is 13.0. The molecule has 2 aromatic heterocycles. The van der Waals surface area contributed by atoms with Gasteiger partial charge in [0.25, 0.3) is 0 Å². The number of fused-ring (bicyclic) bond motifs is 1. The highest BCUT2D eigenvalue weighted by molar-refractivity contribution is 5.77. The lowest BCUT2D eigenvalue weighted by molar-refractivity contribution is -0.0498. The van der Waals surface area contributed by atoms with Crippen LogP contribution in [-0.4, -0.2) is 26.9 Å². The van der Waals surface area contributed by atoms with Gasteiger partial charge in [0.2, 0.25) is 0 Å². The number of pyridine rings is 1. The van der Waals surface area contributed by atoms with Crippen LogP contribution in [0.1, 0.15) is 46.1 Å². The van der Waals surface area contributed by atoms with Crippen LogP contribution < -0.4 is 4.74 Å². The molecule has 1 fully saturated rings. The van der Waals surface area contributed by atoms with Crippen molar-refractivity contribution >= 4 is 11.0 Å². The van der Waals surface area contributed by atoms with E-state index in [-0.39, 0.29) is 0 Å². The molecule has 1 N–H and O–H groups in total. The van der Waals surface area contributed by atoms with Crippen LogP contribution in [-0.2, 0) is 0 Å². The van der Waals surface area contributed by atoms with Crippen molar-refractivity contribution in [2.75, 3.05) is 6.61 Å². The van der Waals surface area contributed by atoms with Crippen molar-refractivity contribution in [3.63, 3.8) is 0 Å². The quantitative estimate of drug-likeness (QED) is 0.915. The van der Waals surface area contributed by atoms with Gasteiger partial charge in [-0.2, -0.15) is 0 Å². The van der Waals surface area contributed by atoms with E-state index >= 15 is 0 Å². The summed E-state index contributed by atoms with van der Waals surface area (Å²) in [6.45, 7) is 7.01. The minimum Gasteiger partial charge on any atom is -0.492 e. The molecule has 2 aromatic rings. The van der Waals surface area contributed by atoms with E-state index in [2.05, 4.69) is 41.7 Å². The summed E-state index contributed by atoms with van der Waals surface area (Å²) in [7, 11) is 0. The Kier molecular flexibility index (Phi) is 3.66. The molecular formula is C17H24N2O2. The summed E-state index contributed by atoms with van der Waals surface area (Å²) in [5, 5.41) is 11.0. The fraction of sp³-hybridized carbons (Fsp3) is 0.588. The highest BCUT2D eigenvalue weighted by Crippen LogP contribution is 2.42. The molecule has 1 saturated carbocycles. The molecule has 114 valence electrons. The van der Waals surface area contributed by atoms with Gasteiger partial charge >= 0.3 is 0 Å². The minimum atomic E-state index is -0.513. The van der Waals surface area contributed by atoms with Crippen molar-refractivity contribution in [3.05, 3.63) is 24.5 Å². The summed E-state index contributed by atoms with van der Waals surface area (Å²) in [5.74, 6) is 1.48. The van der Waals surface area contributed by atoms with Crippen LogP contribution in [0.2, 0.25) is 0 Å². The van der Waals surface area contributed by atoms with Crippen LogP contribution in [0.25, 0.3) is 11.0 Å². The van der Waals surface area contributed by atoms with Gasteiger partial charge in [0.1, 0.15) is 11.4 Å². The number of aliphatic hydroxyl groups is 1. The Bertz CT molecular complexity index is 623. The summed E-state index contributed by atoms with van der Waals surface area (Å²) < 4.78 is 7.93. The second-order valence-corrected chi connectivity index (χ2v) is 6.90. The van der Waals surface area contributed by atoms with Crippen molar-refractivity contribution < 1.29 is 9.84 Å². The Hall–Kier alpha value is -1.55. The Morgan fingerprint density at radius 2 is 2.24 bits per heavy atom. The van der Waals surface area contributed by atoms with Crippen LogP contribution in [0.15, 0.2) is 24.5 Å². The second-order valence-electron chi connectivity index (χ2n) is 6.90. The lowest BCUT2D eigenvalue weighted by Gasteiger charge is -2.41. The Labute approximate surface area is 125 Å². The molecule has 0 saturated heterocycles. The molecule has 0 amide bonds. The molecular weight excluding hydrogens is 264 g/mol. The zero-order chi connectivity index (χ0) is 15.0. The molecule has 0 unspecified atom stereocenters. The van der Waals surface area contributed by atoms with E-state index in [1.165, 1.54) is 0 Å². The van der Waals surface area contributed by atoms with Crippen molar-refractivity contribution in [2.24, 2.45) is 5.92 Å². The number of nitrogens with zero attached hydrogens (tertiary/aromatic N) is 2. The summed E-state index contributed by atoms with van der Waals surface area (Å²) >= 11 is 0. The van der Waals surface area contributed by atoms with Gasteiger partial charge in [0.05, 0.1) is 18.4 Å². The van der Waals surface area contributed by atoms with Crippen LogP contribution in [0, 0.1) is 5.92 Å². The van der Waals surface area contributed by atoms with E-state index < -0.39 is 5.60 Å². The van der Waals surface area contributed by atoms with Crippen molar-refractivity contribution in [3.8, 4) is 5.75 Å². The number of aromatic nitrogens is 2. The Morgan fingerprint density at radius 3 is 2.90 bits per heavy atom. The molecule has 0 bridgehead atoms. The van der Waals surface area contributed by atoms with Gasteiger partial charge in [-0.15, -0.1) is 0 Å². The summed E-state index contributed by atoms with van der Waals surface area (Å²) in [4.78, 5) is 4.55. The summed E-state index contributed by atoms with van der Waals surface area (Å²) in [5.41, 5.74) is 0.466. The van der Waals surface area contributed by atoms with Gasteiger partial charge in [-0.1, -0.05) is 13.8 Å². The molecule has 4 nitrogen and oxygen atoms in total. The third-order valence-electron chi connectivity index (χ3n) is 4.24. The average molecular weight is 288 g/mol. The number of hydrogen-bond acceptors (Lipinski definition) is 3. The summed E-state index contributed by atoms with van der Waals surface area (Å²) in [6.07, 6.45) is 6.51. The van der Waals surface area contributed by atoms with E-state index in [1.807, 2.05) is 6.92 Å². The first-order valence-electron chi connectivity index (χ1n) is 7.76. The fourth-order valence-corrected chi connectivity index (χ4v) is 2.96. The van der Waals surface area contributed by atoms with E-state index in [9.17, 15) is 5.11 Å². The van der Waals surface area contributed by atoms with Gasteiger partial charge in [0, 0.05) is 17.6 Å². The maximum absolute atomic E-state index is 9.89. The third-order valence-corrected chi connectivity index (χ3v) is 4.24. The fourth-order valence-electron chi connectivity index (χ4n) is 2.96. The van der Waals surface area contributed by atoms with Crippen molar-refractivity contribution in [1.29, 1.82) is 0 Å². The third kappa shape index (κ3) is 3.05. The standard InChI is InChI=1S/C17H24N2O2/c1-12(2)5-7-21-15-8-13-4-6-19(16(13)18-11-15)14-9-17(3,20)10-14/h4,6,8,11-12,14,20H,5,7,9-10H2,1-3H3. The minimum absolute atomic E-state index is 0.359. The largest absolute Gasteiger partial charge is 0.492 e. The van der Waals surface area contributed by atoms with Gasteiger partial charge in [-0.25, -0.2) is 4.98 Å². The Morgan fingerprint density at radius 1 is 1.48 bits per heavy atom. The normalized spacial score (nSPS) is 25.3. The molecule has 0 aliphatic heterocycles. The number of ether oxygens (including phenoxy) is 1. The predicted octanol–water partition coefficient (Wildman–Crippen LogP) is 3.55. The predicted molar refractivity (Wildman–Crippen MR) is 83.6 cm³/mol. The molecule has 0 aromatic carbocycles. The zero-order valence-electron chi connectivity index (χ0n) is 13.0. The van der Waals surface area contributed by atoms with Crippen LogP contribution in [0.3, 0.4) is 0 Å². The van der Waals surface area contributed by atoms with E-state index in [0.717, 1.165) is 42.7 Å². The topological polar surface area (TPSA) is 47.3 Å². The molecule has 0 atom stereocenters. The van der Waals surface area contributed by atoms with Crippen LogP contribution >= 0.6 is 0 Å². The van der Waals surface area contributed by atoms with Gasteiger partial charge < -0.3 is 14.4 Å². The monoisotopic (exact) mass is 288 g/mol. The number of hydrogen-bond donors (Lipinski definition) is 1. The first kappa shape index (κ1) is 14.4. The van der Waals surface area contributed by atoms with Crippen LogP contribution in [0.4, 0.5) is 0 Å². The highest BCUT2D eigenvalue weighted by atomic mass is 16.5. The lowest BCUT2D eigenvalue weighted by Crippen LogP contribution is -2.41. The van der Waals surface area contributed by atoms with Crippen molar-refractivity contribution in [1.82, 2.24) is 9.55 Å². The van der Waals surface area contributed by atoms with Gasteiger partial charge in [-0.3, -0.25) is 0 Å². The molecule has 2 heterocycles. The molecule has 4 heteroatoms. The van der Waals surface area contributed by atoms with E-state index in [1.54, 1.807) is 6.20 Å². The van der Waals surface area contributed by atoms with Gasteiger partial charge in [0.15, 0.2) is 0 Å². The van der Waals surface area contributed by atoms with Gasteiger partial charge in [-0.05, 0) is 44.2 Å². The van der Waals surface area contributed by atoms with Crippen molar-refractivity contribution in [2.45, 2.75) is 51.7 Å². The lowest BCUT2D eigenvalue weighted by atomic mass is 9.77. The number of rotatable bonds is 5. The molecule has 0 radical (unpaired) electrons. The molecule has 1 aliphatic rings. The van der Waals surface area contributed by atoms with E-state index in [4.69, 9.17) is 4.74 Å². The summed E-state index contributed by atoms with van der Waals surface area (Å²) in [6, 6.07) is 4.48. The Balaban J connectivity index is 1.72. The molecule has 21 heavy (non-hydrogen) atoms. The molecule has 3 rings (SSSR count). The first-order valence-corrected chi connectivity index (χ1v) is 7.76. The maximum atomic E-state index is 9.89.